The summed E-state index contributed by atoms with van der Waals surface area (Å²) in [4.78, 5) is 21.6. The van der Waals surface area contributed by atoms with Crippen molar-refractivity contribution in [2.24, 2.45) is 10.8 Å². The van der Waals surface area contributed by atoms with E-state index in [1.807, 2.05) is 0 Å². The van der Waals surface area contributed by atoms with Gasteiger partial charge < -0.3 is 10.2 Å². The van der Waals surface area contributed by atoms with Crippen LogP contribution >= 0.6 is 0 Å². The van der Waals surface area contributed by atoms with Crippen molar-refractivity contribution in [1.29, 1.82) is 0 Å². The van der Waals surface area contributed by atoms with Crippen LogP contribution in [0.15, 0.2) is 23.7 Å². The summed E-state index contributed by atoms with van der Waals surface area (Å²) in [7, 11) is 0. The molecule has 0 aromatic carbocycles. The van der Waals surface area contributed by atoms with Crippen LogP contribution in [-0.4, -0.2) is 47.6 Å². The molecule has 0 spiro atoms. The molecule has 0 saturated heterocycles. The second-order valence-corrected chi connectivity index (χ2v) is 9.54. The average Bonchev–Trinajstić information content (AvgIpc) is 2.64. The van der Waals surface area contributed by atoms with Crippen LogP contribution < -0.4 is 10.2 Å². The van der Waals surface area contributed by atoms with Gasteiger partial charge in [0.1, 0.15) is 0 Å². The van der Waals surface area contributed by atoms with Gasteiger partial charge in [0.25, 0.3) is 0 Å². The number of halogens is 14. The van der Waals surface area contributed by atoms with E-state index < -0.39 is 82.1 Å². The van der Waals surface area contributed by atoms with Crippen LogP contribution in [0.25, 0.3) is 0 Å². The van der Waals surface area contributed by atoms with Crippen LogP contribution in [0.4, 0.5) is 61.5 Å². The molecule has 0 aromatic heterocycles. The zero-order valence-corrected chi connectivity index (χ0v) is 22.6. The van der Waals surface area contributed by atoms with Crippen molar-refractivity contribution in [3.8, 4) is 0 Å². The minimum absolute atomic E-state index is 0. The summed E-state index contributed by atoms with van der Waals surface area (Å²) in [6.45, 7) is 7.08. The monoisotopic (exact) mass is 716 g/mol. The topological polar surface area (TPSA) is 80.3 Å². The molecule has 2 radical (unpaired) electrons. The van der Waals surface area contributed by atoms with Crippen LogP contribution in [0.5, 0.6) is 0 Å². The van der Waals surface area contributed by atoms with Gasteiger partial charge in [-0.05, 0) is 23.0 Å². The molecule has 20 heteroatoms. The number of hydrogen-bond donors (Lipinski definition) is 0. The molecular weight excluding hydrogens is 697 g/mol. The Balaban J connectivity index is -0.000000309. The molecule has 0 aliphatic rings. The van der Waals surface area contributed by atoms with Gasteiger partial charge in [0.15, 0.2) is 0 Å². The molecule has 0 fully saturated rings. The van der Waals surface area contributed by atoms with E-state index in [1.165, 1.54) is 41.5 Å². The van der Waals surface area contributed by atoms with Crippen molar-refractivity contribution < 1.29 is 115 Å². The smallest absolute Gasteiger partial charge is 0.875 e. The summed E-state index contributed by atoms with van der Waals surface area (Å²) in [6.07, 6.45) is -14.1. The van der Waals surface area contributed by atoms with Gasteiger partial charge in [0.2, 0.25) is 11.6 Å². The van der Waals surface area contributed by atoms with Crippen molar-refractivity contribution >= 4 is 11.6 Å². The fourth-order valence-corrected chi connectivity index (χ4v) is 1.52. The second kappa shape index (κ2) is 13.6. The van der Waals surface area contributed by atoms with Crippen molar-refractivity contribution in [3.63, 3.8) is 0 Å². The standard InChI is InChI=1S/2C10H11F7O2.2Cu/c2*1-7(2,3)5(18)4-6(19)8(11,12)9(13,14)10(15,16)17;;/h2*4,18H,1-3H3;;/q;;2*+2/p-2. The van der Waals surface area contributed by atoms with Gasteiger partial charge in [0, 0.05) is 0 Å². The van der Waals surface area contributed by atoms with Crippen molar-refractivity contribution in [2.75, 3.05) is 0 Å². The molecule has 0 aliphatic carbocycles. The van der Waals surface area contributed by atoms with Crippen molar-refractivity contribution in [1.82, 2.24) is 0 Å². The maximum atomic E-state index is 12.8. The third-order valence-corrected chi connectivity index (χ3v) is 4.12. The Morgan fingerprint density at radius 2 is 0.650 bits per heavy atom. The first-order valence-corrected chi connectivity index (χ1v) is 9.62. The minimum Gasteiger partial charge on any atom is -0.875 e. The molecule has 0 saturated carbocycles. The molecule has 0 unspecified atom stereocenters. The summed E-state index contributed by atoms with van der Waals surface area (Å²) < 4.78 is 172. The fourth-order valence-electron chi connectivity index (χ4n) is 1.52. The number of carbonyl (C=O) groups excluding carboxylic acids is 2. The first-order chi connectivity index (χ1) is 16.1. The second-order valence-electron chi connectivity index (χ2n) is 9.54. The van der Waals surface area contributed by atoms with Gasteiger partial charge in [0.05, 0.1) is 0 Å². The largest absolute Gasteiger partial charge is 2.00 e. The first-order valence-electron chi connectivity index (χ1n) is 9.62. The van der Waals surface area contributed by atoms with E-state index in [9.17, 15) is 81.3 Å². The van der Waals surface area contributed by atoms with E-state index in [4.69, 9.17) is 0 Å². The summed E-state index contributed by atoms with van der Waals surface area (Å²) >= 11 is 0. The van der Waals surface area contributed by atoms with E-state index in [0.29, 0.717) is 0 Å². The third-order valence-electron chi connectivity index (χ3n) is 4.12. The molecule has 0 N–H and O–H groups in total. The number of ketones is 2. The zero-order chi connectivity index (χ0) is 31.7. The summed E-state index contributed by atoms with van der Waals surface area (Å²) in [5, 5.41) is 22.3. The molecule has 0 aliphatic heterocycles. The molecule has 0 atom stereocenters. The summed E-state index contributed by atoms with van der Waals surface area (Å²) in [5.41, 5.74) is -2.72. The van der Waals surface area contributed by atoms with Crippen molar-refractivity contribution in [3.05, 3.63) is 23.7 Å². The fraction of sp³-hybridized carbons (Fsp3) is 0.700. The van der Waals surface area contributed by atoms with Gasteiger partial charge in [-0.1, -0.05) is 41.5 Å². The Kier molecular flexibility index (Phi) is 15.5. The number of hydrogen-bond acceptors (Lipinski definition) is 4. The Morgan fingerprint density at radius 3 is 0.775 bits per heavy atom. The minimum atomic E-state index is -6.61. The molecule has 0 aromatic rings. The van der Waals surface area contributed by atoms with Crippen LogP contribution in [0.3, 0.4) is 0 Å². The molecule has 0 amide bonds. The number of rotatable bonds is 6. The van der Waals surface area contributed by atoms with Gasteiger partial charge in [-0.2, -0.15) is 61.5 Å². The van der Waals surface area contributed by atoms with E-state index in [1.54, 1.807) is 0 Å². The maximum absolute atomic E-state index is 12.8. The van der Waals surface area contributed by atoms with E-state index in [0.717, 1.165) is 0 Å². The number of carbonyl (C=O) groups is 2. The first kappa shape index (κ1) is 45.5. The van der Waals surface area contributed by atoms with Gasteiger partial charge in [-0.3, -0.25) is 9.59 Å². The zero-order valence-electron chi connectivity index (χ0n) is 20.7. The molecule has 0 heterocycles. The predicted octanol–water partition coefficient (Wildman–Crippen LogP) is 5.35. The van der Waals surface area contributed by atoms with Gasteiger partial charge >= 0.3 is 70.2 Å². The number of allylic oxidation sites excluding steroid dienone is 4. The van der Waals surface area contributed by atoms with Crippen LogP contribution in [0.2, 0.25) is 0 Å². The van der Waals surface area contributed by atoms with Gasteiger partial charge in [-0.25, -0.2) is 0 Å². The molecule has 40 heavy (non-hydrogen) atoms. The normalized spacial score (nSPS) is 14.8. The Bertz CT molecular complexity index is 863. The summed E-state index contributed by atoms with van der Waals surface area (Å²) in [6, 6.07) is 0. The third kappa shape index (κ3) is 10.4. The molecule has 0 bridgehead atoms. The van der Waals surface area contributed by atoms with E-state index in [2.05, 4.69) is 0 Å². The number of alkyl halides is 14. The molecular formula is C20H20Cu2F14O4+2. The van der Waals surface area contributed by atoms with Crippen LogP contribution in [0.1, 0.15) is 41.5 Å². The van der Waals surface area contributed by atoms with E-state index in [-0.39, 0.29) is 34.1 Å². The molecule has 4 nitrogen and oxygen atoms in total. The van der Waals surface area contributed by atoms with Crippen LogP contribution in [0, 0.1) is 10.8 Å². The maximum Gasteiger partial charge on any atom is 2.00 e. The average molecular weight is 717 g/mol. The summed E-state index contributed by atoms with van der Waals surface area (Å²) in [5.74, 6) is -33.5. The van der Waals surface area contributed by atoms with Crippen LogP contribution in [-0.2, 0) is 43.7 Å². The van der Waals surface area contributed by atoms with Gasteiger partial charge in [-0.15, -0.1) is 11.5 Å². The SMILES string of the molecule is CC(C)(C)C([O-])=CC(=O)C(F)(F)C(F)(F)C(F)(F)F.CC(C)(C)C([O-])=CC(=O)C(F)(F)C(F)(F)C(F)(F)F.[Cu+2].[Cu+2]. The Morgan fingerprint density at radius 1 is 0.475 bits per heavy atom. The van der Waals surface area contributed by atoms with E-state index >= 15 is 0 Å². The predicted molar refractivity (Wildman–Crippen MR) is 97.0 cm³/mol. The Labute approximate surface area is 239 Å². The quantitative estimate of drug-likeness (QED) is 0.161. The molecule has 242 valence electrons. The Hall–Kier alpha value is -1.52. The molecule has 0 rings (SSSR count). The van der Waals surface area contributed by atoms with Crippen molar-refractivity contribution in [2.45, 2.75) is 77.6 Å².